The number of hydrogen-bond acceptors (Lipinski definition) is 5. The fourth-order valence-corrected chi connectivity index (χ4v) is 5.22. The topological polar surface area (TPSA) is 114 Å². The molecular weight excluding hydrogens is 410 g/mol. The Morgan fingerprint density at radius 3 is 2.03 bits per heavy atom. The number of carbonyl (C=O) groups is 2. The summed E-state index contributed by atoms with van der Waals surface area (Å²) in [7, 11) is 6.61. The predicted molar refractivity (Wildman–Crippen MR) is 125 cm³/mol. The van der Waals surface area contributed by atoms with Gasteiger partial charge >= 0.3 is 0 Å². The van der Waals surface area contributed by atoms with E-state index in [1.165, 1.54) is 31.2 Å². The third-order valence-corrected chi connectivity index (χ3v) is 6.82. The van der Waals surface area contributed by atoms with Crippen LogP contribution in [0.4, 0.5) is 0 Å². The first-order valence-electron chi connectivity index (χ1n) is 10.9. The van der Waals surface area contributed by atoms with Crippen molar-refractivity contribution < 1.29 is 19.8 Å². The molecule has 4 atom stereocenters. The SMILES string of the molecule is Cc1ccc2[nH]c(=O)c(CN(C)C3C[C@H]4CC(N(C)C)C[C@H]4C3)cc2c1.O=CO.O=CO. The van der Waals surface area contributed by atoms with Crippen LogP contribution < -0.4 is 5.56 Å². The van der Waals surface area contributed by atoms with Crippen LogP contribution in [0.1, 0.15) is 36.8 Å². The Morgan fingerprint density at radius 2 is 1.50 bits per heavy atom. The van der Waals surface area contributed by atoms with Gasteiger partial charge in [-0.15, -0.1) is 0 Å². The molecular formula is C24H35N3O5. The molecule has 2 unspecified atom stereocenters. The fourth-order valence-electron chi connectivity index (χ4n) is 5.22. The number of aromatic nitrogens is 1. The maximum absolute atomic E-state index is 12.5. The van der Waals surface area contributed by atoms with E-state index in [0.29, 0.717) is 6.04 Å². The van der Waals surface area contributed by atoms with Crippen molar-refractivity contribution in [3.63, 3.8) is 0 Å². The first-order chi connectivity index (χ1) is 15.2. The Bertz CT molecular complexity index is 938. The van der Waals surface area contributed by atoms with Crippen molar-refractivity contribution in [1.29, 1.82) is 0 Å². The lowest BCUT2D eigenvalue weighted by Gasteiger charge is -2.26. The average molecular weight is 446 g/mol. The molecule has 3 N–H and O–H groups in total. The van der Waals surface area contributed by atoms with E-state index in [0.717, 1.165) is 40.9 Å². The lowest BCUT2D eigenvalue weighted by atomic mass is 10.0. The van der Waals surface area contributed by atoms with E-state index < -0.39 is 0 Å². The van der Waals surface area contributed by atoms with Crippen LogP contribution in [0, 0.1) is 18.8 Å². The van der Waals surface area contributed by atoms with Gasteiger partial charge in [0.05, 0.1) is 0 Å². The summed E-state index contributed by atoms with van der Waals surface area (Å²) in [6, 6.07) is 9.65. The summed E-state index contributed by atoms with van der Waals surface area (Å²) in [6.45, 7) is 2.33. The van der Waals surface area contributed by atoms with Crippen LogP contribution in [0.3, 0.4) is 0 Å². The number of benzene rings is 1. The molecule has 0 spiro atoms. The molecule has 2 aliphatic rings. The number of pyridine rings is 1. The summed E-state index contributed by atoms with van der Waals surface area (Å²) in [4.78, 5) is 37.1. The molecule has 0 amide bonds. The molecule has 2 fully saturated rings. The molecule has 2 aliphatic carbocycles. The van der Waals surface area contributed by atoms with E-state index in [2.05, 4.69) is 55.0 Å². The standard InChI is InChI=1S/C22H31N3O.2CH2O2/c1-14-5-6-21-17(7-14)8-18(22(26)23-21)13-25(4)20-11-15-9-19(24(2)3)10-16(15)12-20;2*2-1-3/h5-8,15-16,19-20H,9-13H2,1-4H3,(H,23,26);2*1H,(H,2,3)/t15-,16+,19?,20?;;. The largest absolute Gasteiger partial charge is 0.483 e. The summed E-state index contributed by atoms with van der Waals surface area (Å²) < 4.78 is 0. The van der Waals surface area contributed by atoms with Gasteiger partial charge in [0.25, 0.3) is 18.5 Å². The van der Waals surface area contributed by atoms with Crippen molar-refractivity contribution >= 4 is 23.8 Å². The van der Waals surface area contributed by atoms with E-state index in [-0.39, 0.29) is 18.5 Å². The van der Waals surface area contributed by atoms with E-state index >= 15 is 0 Å². The van der Waals surface area contributed by atoms with Crippen molar-refractivity contribution in [2.75, 3.05) is 21.1 Å². The molecule has 0 radical (unpaired) electrons. The number of carboxylic acid groups (broad SMARTS) is 2. The van der Waals surface area contributed by atoms with Crippen LogP contribution >= 0.6 is 0 Å². The lowest BCUT2D eigenvalue weighted by molar-refractivity contribution is -0.123. The summed E-state index contributed by atoms with van der Waals surface area (Å²) in [5.41, 5.74) is 3.09. The molecule has 1 aromatic carbocycles. The Balaban J connectivity index is 0.000000547. The number of fused-ring (bicyclic) bond motifs is 2. The summed E-state index contributed by atoms with van der Waals surface area (Å²) in [5, 5.41) is 14.9. The highest BCUT2D eigenvalue weighted by atomic mass is 16.3. The van der Waals surface area contributed by atoms with Gasteiger partial charge in [-0.2, -0.15) is 0 Å². The number of nitrogens with zero attached hydrogens (tertiary/aromatic N) is 2. The Morgan fingerprint density at radius 1 is 0.969 bits per heavy atom. The van der Waals surface area contributed by atoms with Gasteiger partial charge in [0.1, 0.15) is 0 Å². The molecule has 1 aromatic heterocycles. The quantitative estimate of drug-likeness (QED) is 0.620. The minimum atomic E-state index is -0.250. The average Bonchev–Trinajstić information content (AvgIpc) is 3.30. The van der Waals surface area contributed by atoms with Gasteiger partial charge in [-0.05, 0) is 89.2 Å². The molecule has 1 heterocycles. The zero-order valence-corrected chi connectivity index (χ0v) is 19.3. The molecule has 0 aliphatic heterocycles. The smallest absolute Gasteiger partial charge is 0.290 e. The number of aryl methyl sites for hydroxylation is 1. The predicted octanol–water partition coefficient (Wildman–Crippen LogP) is 2.79. The highest BCUT2D eigenvalue weighted by Gasteiger charge is 2.43. The second-order valence-corrected chi connectivity index (χ2v) is 9.07. The van der Waals surface area contributed by atoms with Gasteiger partial charge in [-0.1, -0.05) is 11.6 Å². The van der Waals surface area contributed by atoms with E-state index in [1.54, 1.807) is 0 Å². The first kappa shape index (κ1) is 25.5. The van der Waals surface area contributed by atoms with E-state index in [4.69, 9.17) is 19.8 Å². The molecule has 8 nitrogen and oxygen atoms in total. The maximum Gasteiger partial charge on any atom is 0.290 e. The van der Waals surface area contributed by atoms with Crippen molar-refractivity contribution in [1.82, 2.24) is 14.8 Å². The number of hydrogen-bond donors (Lipinski definition) is 3. The van der Waals surface area contributed by atoms with Gasteiger partial charge in [-0.3, -0.25) is 19.3 Å². The molecule has 176 valence electrons. The van der Waals surface area contributed by atoms with Crippen LogP contribution in [0.25, 0.3) is 10.9 Å². The molecule has 2 saturated carbocycles. The van der Waals surface area contributed by atoms with Gasteiger partial charge < -0.3 is 20.1 Å². The van der Waals surface area contributed by atoms with Crippen molar-refractivity contribution in [3.05, 3.63) is 45.7 Å². The van der Waals surface area contributed by atoms with Gasteiger partial charge in [-0.25, -0.2) is 0 Å². The molecule has 8 heteroatoms. The number of H-pyrrole nitrogens is 1. The maximum atomic E-state index is 12.5. The van der Waals surface area contributed by atoms with Crippen LogP contribution in [0.5, 0.6) is 0 Å². The van der Waals surface area contributed by atoms with E-state index in [9.17, 15) is 4.79 Å². The Hall–Kier alpha value is -2.71. The van der Waals surface area contributed by atoms with Crippen molar-refractivity contribution in [2.24, 2.45) is 11.8 Å². The second-order valence-electron chi connectivity index (χ2n) is 9.07. The number of rotatable bonds is 4. The van der Waals surface area contributed by atoms with Gasteiger partial charge in [0, 0.05) is 29.7 Å². The fraction of sp³-hybridized carbons (Fsp3) is 0.542. The minimum absolute atomic E-state index is 0.0547. The lowest BCUT2D eigenvalue weighted by Crippen LogP contribution is -2.33. The van der Waals surface area contributed by atoms with Crippen molar-refractivity contribution in [2.45, 2.75) is 51.2 Å². The normalized spacial score (nSPS) is 23.8. The monoisotopic (exact) mass is 445 g/mol. The number of aromatic amines is 1. The summed E-state index contributed by atoms with van der Waals surface area (Å²) >= 11 is 0. The van der Waals surface area contributed by atoms with Crippen LogP contribution in [0.15, 0.2) is 29.1 Å². The Labute approximate surface area is 188 Å². The molecule has 4 rings (SSSR count). The molecule has 2 aromatic rings. The van der Waals surface area contributed by atoms with Crippen molar-refractivity contribution in [3.8, 4) is 0 Å². The molecule has 32 heavy (non-hydrogen) atoms. The zero-order chi connectivity index (χ0) is 23.8. The van der Waals surface area contributed by atoms with Crippen LogP contribution in [-0.2, 0) is 16.1 Å². The minimum Gasteiger partial charge on any atom is -0.483 e. The number of nitrogens with one attached hydrogen (secondary N) is 1. The molecule has 0 saturated heterocycles. The third kappa shape index (κ3) is 6.40. The second kappa shape index (κ2) is 11.8. The van der Waals surface area contributed by atoms with Crippen LogP contribution in [0.2, 0.25) is 0 Å². The zero-order valence-electron chi connectivity index (χ0n) is 19.3. The van der Waals surface area contributed by atoms with Gasteiger partial charge in [0.15, 0.2) is 0 Å². The molecule has 0 bridgehead atoms. The van der Waals surface area contributed by atoms with Crippen LogP contribution in [-0.4, -0.2) is 71.2 Å². The highest BCUT2D eigenvalue weighted by molar-refractivity contribution is 5.79. The highest BCUT2D eigenvalue weighted by Crippen LogP contribution is 2.46. The Kier molecular flexibility index (Phi) is 9.41. The summed E-state index contributed by atoms with van der Waals surface area (Å²) in [5.74, 6) is 1.74. The van der Waals surface area contributed by atoms with E-state index in [1.807, 2.05) is 12.1 Å². The van der Waals surface area contributed by atoms with Gasteiger partial charge in [0.2, 0.25) is 0 Å². The first-order valence-corrected chi connectivity index (χ1v) is 10.9. The summed E-state index contributed by atoms with van der Waals surface area (Å²) in [6.07, 6.45) is 5.27. The third-order valence-electron chi connectivity index (χ3n) is 6.82.